The second-order valence-corrected chi connectivity index (χ2v) is 7.01. The molecule has 2 aromatic rings. The van der Waals surface area contributed by atoms with Gasteiger partial charge in [0.1, 0.15) is 5.75 Å². The van der Waals surface area contributed by atoms with Gasteiger partial charge in [0.15, 0.2) is 5.09 Å². The summed E-state index contributed by atoms with van der Waals surface area (Å²) in [6, 6.07) is 20.6. The summed E-state index contributed by atoms with van der Waals surface area (Å²) < 4.78 is 6.25. The number of thioether (sulfide) groups is 1. The third-order valence-electron chi connectivity index (χ3n) is 4.18. The highest BCUT2D eigenvalue weighted by Gasteiger charge is 2.36. The van der Waals surface area contributed by atoms with Gasteiger partial charge in [0.2, 0.25) is 0 Å². The largest absolute Gasteiger partial charge is 0.450 e. The Morgan fingerprint density at radius 3 is 2.35 bits per heavy atom. The fourth-order valence-electron chi connectivity index (χ4n) is 3.08. The molecule has 2 aliphatic rings. The molecule has 0 saturated heterocycles. The van der Waals surface area contributed by atoms with Crippen LogP contribution in [0.2, 0.25) is 0 Å². The van der Waals surface area contributed by atoms with E-state index in [1.165, 1.54) is 16.7 Å². The van der Waals surface area contributed by atoms with E-state index in [9.17, 15) is 0 Å². The van der Waals surface area contributed by atoms with E-state index in [0.29, 0.717) is 11.2 Å². The summed E-state index contributed by atoms with van der Waals surface area (Å²) >= 11 is 1.83. The number of benzene rings is 2. The van der Waals surface area contributed by atoms with E-state index in [0.717, 1.165) is 10.8 Å². The van der Waals surface area contributed by atoms with E-state index in [2.05, 4.69) is 55.5 Å². The normalized spacial score (nSPS) is 22.7. The maximum absolute atomic E-state index is 6.25. The standard InChI is InChI=1S/C21H18OS/c1-15-12-13-18-19(14-15)23-21(22-17-10-6-3-7-11-17)20(18)16-8-4-2-5-9-16/h2-14,18-19H,1H3. The molecule has 0 saturated carbocycles. The lowest BCUT2D eigenvalue weighted by Gasteiger charge is -2.19. The van der Waals surface area contributed by atoms with Gasteiger partial charge in [-0.3, -0.25) is 0 Å². The summed E-state index contributed by atoms with van der Waals surface area (Å²) in [7, 11) is 0. The van der Waals surface area contributed by atoms with Gasteiger partial charge in [0, 0.05) is 16.7 Å². The van der Waals surface area contributed by atoms with E-state index in [1.807, 2.05) is 42.1 Å². The third kappa shape index (κ3) is 2.87. The Balaban J connectivity index is 1.76. The van der Waals surface area contributed by atoms with Crippen LogP contribution in [0.25, 0.3) is 5.57 Å². The van der Waals surface area contributed by atoms with E-state index in [1.54, 1.807) is 0 Å². The zero-order chi connectivity index (χ0) is 15.6. The number of hydrogen-bond acceptors (Lipinski definition) is 2. The summed E-state index contributed by atoms with van der Waals surface area (Å²) in [5, 5.41) is 1.45. The summed E-state index contributed by atoms with van der Waals surface area (Å²) in [4.78, 5) is 0. The van der Waals surface area contributed by atoms with Crippen LogP contribution in [0.5, 0.6) is 5.75 Å². The molecular formula is C21H18OS. The number of hydrogen-bond donors (Lipinski definition) is 0. The highest BCUT2D eigenvalue weighted by molar-refractivity contribution is 8.04. The molecule has 0 radical (unpaired) electrons. The van der Waals surface area contributed by atoms with Gasteiger partial charge in [-0.15, -0.1) is 0 Å². The van der Waals surface area contributed by atoms with Crippen molar-refractivity contribution in [3.8, 4) is 5.75 Å². The highest BCUT2D eigenvalue weighted by Crippen LogP contribution is 2.50. The van der Waals surface area contributed by atoms with Gasteiger partial charge in [0.05, 0.1) is 0 Å². The Bertz CT molecular complexity index is 787. The molecule has 2 atom stereocenters. The lowest BCUT2D eigenvalue weighted by atomic mass is 9.87. The molecule has 0 spiro atoms. The molecule has 1 nitrogen and oxygen atoms in total. The summed E-state index contributed by atoms with van der Waals surface area (Å²) in [6.07, 6.45) is 6.88. The number of para-hydroxylation sites is 1. The van der Waals surface area contributed by atoms with Crippen LogP contribution in [-0.2, 0) is 0 Å². The molecule has 2 unspecified atom stereocenters. The fourth-order valence-corrected chi connectivity index (χ4v) is 4.51. The minimum Gasteiger partial charge on any atom is -0.450 e. The van der Waals surface area contributed by atoms with Crippen LogP contribution in [0.3, 0.4) is 0 Å². The van der Waals surface area contributed by atoms with E-state index < -0.39 is 0 Å². The lowest BCUT2D eigenvalue weighted by Crippen LogP contribution is -2.12. The smallest absolute Gasteiger partial charge is 0.165 e. The number of ether oxygens (including phenoxy) is 1. The molecule has 0 N–H and O–H groups in total. The van der Waals surface area contributed by atoms with E-state index in [4.69, 9.17) is 4.74 Å². The first kappa shape index (κ1) is 14.4. The van der Waals surface area contributed by atoms with Crippen molar-refractivity contribution in [2.24, 2.45) is 5.92 Å². The molecule has 0 bridgehead atoms. The Kier molecular flexibility index (Phi) is 3.84. The van der Waals surface area contributed by atoms with Crippen LogP contribution in [0.4, 0.5) is 0 Å². The molecule has 2 aromatic carbocycles. The van der Waals surface area contributed by atoms with Crippen LogP contribution >= 0.6 is 11.8 Å². The van der Waals surface area contributed by atoms with Crippen molar-refractivity contribution in [2.45, 2.75) is 12.2 Å². The molecule has 1 heterocycles. The number of fused-ring (bicyclic) bond motifs is 1. The SMILES string of the molecule is CC1=CC2SC(Oc3ccccc3)=C(c3ccccc3)C2C=C1. The Morgan fingerprint density at radius 2 is 1.61 bits per heavy atom. The van der Waals surface area contributed by atoms with Gasteiger partial charge in [0.25, 0.3) is 0 Å². The van der Waals surface area contributed by atoms with Crippen molar-refractivity contribution < 1.29 is 4.74 Å². The minimum atomic E-state index is 0.379. The van der Waals surface area contributed by atoms with Crippen LogP contribution in [0.15, 0.2) is 89.6 Å². The zero-order valence-corrected chi connectivity index (χ0v) is 13.8. The summed E-state index contributed by atoms with van der Waals surface area (Å²) in [5.41, 5.74) is 3.87. The first-order valence-electron chi connectivity index (χ1n) is 7.87. The molecular weight excluding hydrogens is 300 g/mol. The van der Waals surface area contributed by atoms with Gasteiger partial charge in [-0.05, 0) is 24.6 Å². The highest BCUT2D eigenvalue weighted by atomic mass is 32.2. The number of allylic oxidation sites excluding steroid dienone is 4. The molecule has 4 rings (SSSR count). The molecule has 0 aromatic heterocycles. The minimum absolute atomic E-state index is 0.379. The van der Waals surface area contributed by atoms with E-state index >= 15 is 0 Å². The van der Waals surface area contributed by atoms with Crippen LogP contribution in [-0.4, -0.2) is 5.25 Å². The van der Waals surface area contributed by atoms with Gasteiger partial charge in [-0.1, -0.05) is 84.1 Å². The number of rotatable bonds is 3. The van der Waals surface area contributed by atoms with Gasteiger partial charge in [-0.25, -0.2) is 0 Å². The third-order valence-corrected chi connectivity index (χ3v) is 5.40. The maximum atomic E-state index is 6.25. The van der Waals surface area contributed by atoms with Crippen molar-refractivity contribution in [2.75, 3.05) is 0 Å². The fraction of sp³-hybridized carbons (Fsp3) is 0.143. The van der Waals surface area contributed by atoms with Gasteiger partial charge < -0.3 is 4.74 Å². The van der Waals surface area contributed by atoms with Crippen molar-refractivity contribution >= 4 is 17.3 Å². The predicted octanol–water partition coefficient (Wildman–Crippen LogP) is 5.68. The average molecular weight is 318 g/mol. The Morgan fingerprint density at radius 1 is 0.913 bits per heavy atom. The van der Waals surface area contributed by atoms with Crippen molar-refractivity contribution in [1.82, 2.24) is 0 Å². The molecule has 1 aliphatic carbocycles. The second-order valence-electron chi connectivity index (χ2n) is 5.86. The maximum Gasteiger partial charge on any atom is 0.165 e. The predicted molar refractivity (Wildman–Crippen MR) is 98.2 cm³/mol. The zero-order valence-electron chi connectivity index (χ0n) is 13.0. The molecule has 1 aliphatic heterocycles. The van der Waals surface area contributed by atoms with Gasteiger partial charge in [-0.2, -0.15) is 0 Å². The van der Waals surface area contributed by atoms with Crippen LogP contribution < -0.4 is 4.74 Å². The average Bonchev–Trinajstić information content (AvgIpc) is 2.93. The first-order valence-corrected chi connectivity index (χ1v) is 8.75. The Hall–Kier alpha value is -2.19. The lowest BCUT2D eigenvalue weighted by molar-refractivity contribution is 0.468. The molecule has 114 valence electrons. The van der Waals surface area contributed by atoms with Crippen LogP contribution in [0.1, 0.15) is 12.5 Å². The van der Waals surface area contributed by atoms with Crippen molar-refractivity contribution in [3.63, 3.8) is 0 Å². The van der Waals surface area contributed by atoms with Crippen molar-refractivity contribution in [1.29, 1.82) is 0 Å². The molecule has 2 heteroatoms. The molecule has 0 amide bonds. The Labute approximate surface area is 141 Å². The van der Waals surface area contributed by atoms with Crippen LogP contribution in [0, 0.1) is 5.92 Å². The van der Waals surface area contributed by atoms with E-state index in [-0.39, 0.29) is 0 Å². The second kappa shape index (κ2) is 6.13. The summed E-state index contributed by atoms with van der Waals surface area (Å²) in [5.74, 6) is 1.27. The van der Waals surface area contributed by atoms with Gasteiger partial charge >= 0.3 is 0 Å². The quantitative estimate of drug-likeness (QED) is 0.720. The molecule has 23 heavy (non-hydrogen) atoms. The van der Waals surface area contributed by atoms with Crippen molar-refractivity contribution in [3.05, 3.63) is 95.1 Å². The summed E-state index contributed by atoms with van der Waals surface area (Å²) in [6.45, 7) is 2.16. The molecule has 0 fully saturated rings. The monoisotopic (exact) mass is 318 g/mol. The first-order chi connectivity index (χ1) is 11.3. The topological polar surface area (TPSA) is 9.23 Å².